The molecule has 1 aromatic carbocycles. The van der Waals surface area contributed by atoms with Crippen LogP contribution in [0.2, 0.25) is 0 Å². The Morgan fingerprint density at radius 3 is 2.76 bits per heavy atom. The molecular weight excluding hydrogens is 263 g/mol. The van der Waals surface area contributed by atoms with Gasteiger partial charge in [-0.15, -0.1) is 0 Å². The second kappa shape index (κ2) is 6.89. The lowest BCUT2D eigenvalue weighted by Crippen LogP contribution is -2.38. The predicted octanol–water partition coefficient (Wildman–Crippen LogP) is 3.39. The largest absolute Gasteiger partial charge is 0.316 e. The minimum absolute atomic E-state index is 0.112. The van der Waals surface area contributed by atoms with E-state index in [1.54, 1.807) is 6.07 Å². The summed E-state index contributed by atoms with van der Waals surface area (Å²) in [7, 11) is 2.27. The van der Waals surface area contributed by atoms with Gasteiger partial charge in [-0.05, 0) is 50.0 Å². The number of rotatable bonds is 4. The Hall–Kier alpha value is -0.930. The lowest BCUT2D eigenvalue weighted by atomic mass is 9.87. The lowest BCUT2D eigenvalue weighted by molar-refractivity contribution is 0.166. The van der Waals surface area contributed by atoms with E-state index in [-0.39, 0.29) is 5.82 Å². The first-order valence-electron chi connectivity index (χ1n) is 8.40. The van der Waals surface area contributed by atoms with Crippen molar-refractivity contribution in [2.75, 3.05) is 26.7 Å². The maximum absolute atomic E-state index is 13.5. The fourth-order valence-corrected chi connectivity index (χ4v) is 4.09. The van der Waals surface area contributed by atoms with Crippen LogP contribution < -0.4 is 5.32 Å². The van der Waals surface area contributed by atoms with Gasteiger partial charge in [0.15, 0.2) is 0 Å². The Kier molecular flexibility index (Phi) is 4.91. The molecule has 2 nitrogen and oxygen atoms in total. The van der Waals surface area contributed by atoms with Crippen molar-refractivity contribution in [2.24, 2.45) is 5.92 Å². The zero-order valence-electron chi connectivity index (χ0n) is 13.0. The maximum Gasteiger partial charge on any atom is 0.123 e. The molecule has 2 atom stereocenters. The van der Waals surface area contributed by atoms with E-state index < -0.39 is 0 Å². The molecule has 1 aromatic rings. The molecule has 0 bridgehead atoms. The molecule has 2 unspecified atom stereocenters. The van der Waals surface area contributed by atoms with Gasteiger partial charge in [-0.25, -0.2) is 4.39 Å². The summed E-state index contributed by atoms with van der Waals surface area (Å²) in [6.45, 7) is 3.16. The van der Waals surface area contributed by atoms with Crippen molar-refractivity contribution in [1.29, 1.82) is 0 Å². The van der Waals surface area contributed by atoms with Crippen LogP contribution in [0.3, 0.4) is 0 Å². The summed E-state index contributed by atoms with van der Waals surface area (Å²) in [4.78, 5) is 2.56. The highest BCUT2D eigenvalue weighted by atomic mass is 19.1. The molecule has 1 N–H and O–H groups in total. The molecule has 3 heteroatoms. The first kappa shape index (κ1) is 15.0. The predicted molar refractivity (Wildman–Crippen MR) is 85.0 cm³/mol. The van der Waals surface area contributed by atoms with E-state index in [9.17, 15) is 4.39 Å². The van der Waals surface area contributed by atoms with Crippen LogP contribution in [0.1, 0.15) is 43.6 Å². The van der Waals surface area contributed by atoms with Crippen LogP contribution in [0, 0.1) is 11.7 Å². The molecule has 3 rings (SSSR count). The third-order valence-corrected chi connectivity index (χ3v) is 5.34. The van der Waals surface area contributed by atoms with E-state index in [1.165, 1.54) is 38.2 Å². The summed E-state index contributed by atoms with van der Waals surface area (Å²) in [5.41, 5.74) is 1.15. The molecule has 1 aliphatic heterocycles. The van der Waals surface area contributed by atoms with E-state index >= 15 is 0 Å². The van der Waals surface area contributed by atoms with Gasteiger partial charge in [-0.2, -0.15) is 0 Å². The zero-order chi connectivity index (χ0) is 14.7. The summed E-state index contributed by atoms with van der Waals surface area (Å²) in [5, 5.41) is 3.50. The Balaban J connectivity index is 1.63. The average Bonchev–Trinajstić information content (AvgIpc) is 2.96. The van der Waals surface area contributed by atoms with Crippen LogP contribution in [-0.4, -0.2) is 37.6 Å². The first-order valence-corrected chi connectivity index (χ1v) is 8.40. The highest BCUT2D eigenvalue weighted by Crippen LogP contribution is 2.30. The van der Waals surface area contributed by atoms with Crippen molar-refractivity contribution in [3.05, 3.63) is 35.6 Å². The molecule has 21 heavy (non-hydrogen) atoms. The van der Waals surface area contributed by atoms with Gasteiger partial charge in [0.05, 0.1) is 0 Å². The number of nitrogens with zero attached hydrogens (tertiary/aromatic N) is 1. The van der Waals surface area contributed by atoms with Gasteiger partial charge in [0.1, 0.15) is 5.82 Å². The average molecular weight is 290 g/mol. The molecule has 0 radical (unpaired) electrons. The Bertz CT molecular complexity index is 456. The highest BCUT2D eigenvalue weighted by Gasteiger charge is 2.31. The second-order valence-corrected chi connectivity index (χ2v) is 6.81. The van der Waals surface area contributed by atoms with Crippen molar-refractivity contribution >= 4 is 0 Å². The molecule has 1 saturated carbocycles. The lowest BCUT2D eigenvalue weighted by Gasteiger charge is -2.34. The van der Waals surface area contributed by atoms with Gasteiger partial charge in [0.2, 0.25) is 0 Å². The van der Waals surface area contributed by atoms with Crippen molar-refractivity contribution in [1.82, 2.24) is 10.2 Å². The van der Waals surface area contributed by atoms with Gasteiger partial charge in [0, 0.05) is 25.0 Å². The molecule has 1 heterocycles. The van der Waals surface area contributed by atoms with Gasteiger partial charge < -0.3 is 10.2 Å². The minimum Gasteiger partial charge on any atom is -0.316 e. The summed E-state index contributed by atoms with van der Waals surface area (Å²) in [6, 6.07) is 7.92. The van der Waals surface area contributed by atoms with Gasteiger partial charge in [-0.1, -0.05) is 31.4 Å². The van der Waals surface area contributed by atoms with E-state index in [1.807, 2.05) is 6.07 Å². The van der Waals surface area contributed by atoms with Crippen LogP contribution in [0.15, 0.2) is 24.3 Å². The highest BCUT2D eigenvalue weighted by molar-refractivity contribution is 5.23. The number of benzene rings is 1. The maximum atomic E-state index is 13.5. The first-order chi connectivity index (χ1) is 10.2. The minimum atomic E-state index is -0.112. The quantitative estimate of drug-likeness (QED) is 0.914. The summed E-state index contributed by atoms with van der Waals surface area (Å²) in [5.74, 6) is 0.934. The molecule has 2 aliphatic rings. The standard InChI is InChI=1S/C18H27FN2/c1-21(17-8-3-2-4-9-17)13-15-11-20-12-18(15)14-6-5-7-16(19)10-14/h5-7,10,15,17-18,20H,2-4,8-9,11-13H2,1H3. The topological polar surface area (TPSA) is 15.3 Å². The van der Waals surface area contributed by atoms with Crippen LogP contribution in [0.25, 0.3) is 0 Å². The number of halogens is 1. The third kappa shape index (κ3) is 3.64. The summed E-state index contributed by atoms with van der Waals surface area (Å²) >= 11 is 0. The molecule has 1 aliphatic carbocycles. The molecule has 0 spiro atoms. The Labute approximate surface area is 127 Å². The van der Waals surface area contributed by atoms with Crippen LogP contribution >= 0.6 is 0 Å². The SMILES string of the molecule is CN(CC1CNCC1c1cccc(F)c1)C1CCCCC1. The fourth-order valence-electron chi connectivity index (χ4n) is 4.09. The number of nitrogens with one attached hydrogen (secondary N) is 1. The number of hydrogen-bond donors (Lipinski definition) is 1. The fraction of sp³-hybridized carbons (Fsp3) is 0.667. The van der Waals surface area contributed by atoms with Crippen molar-refractivity contribution in [2.45, 2.75) is 44.1 Å². The molecule has 116 valence electrons. The van der Waals surface area contributed by atoms with Crippen LogP contribution in [0.5, 0.6) is 0 Å². The van der Waals surface area contributed by atoms with E-state index in [2.05, 4.69) is 23.3 Å². The Morgan fingerprint density at radius 2 is 2.00 bits per heavy atom. The molecular formula is C18H27FN2. The molecule has 2 fully saturated rings. The van der Waals surface area contributed by atoms with Gasteiger partial charge in [0.25, 0.3) is 0 Å². The summed E-state index contributed by atoms with van der Waals surface area (Å²) < 4.78 is 13.5. The summed E-state index contributed by atoms with van der Waals surface area (Å²) in [6.07, 6.45) is 6.86. The van der Waals surface area contributed by atoms with Crippen LogP contribution in [0.4, 0.5) is 4.39 Å². The third-order valence-electron chi connectivity index (χ3n) is 5.34. The van der Waals surface area contributed by atoms with Crippen LogP contribution in [-0.2, 0) is 0 Å². The van der Waals surface area contributed by atoms with Crippen molar-refractivity contribution in [3.8, 4) is 0 Å². The monoisotopic (exact) mass is 290 g/mol. The normalized spacial score (nSPS) is 27.4. The zero-order valence-corrected chi connectivity index (χ0v) is 13.0. The van der Waals surface area contributed by atoms with Crippen molar-refractivity contribution in [3.63, 3.8) is 0 Å². The second-order valence-electron chi connectivity index (χ2n) is 6.81. The smallest absolute Gasteiger partial charge is 0.123 e. The van der Waals surface area contributed by atoms with E-state index in [0.717, 1.165) is 31.2 Å². The van der Waals surface area contributed by atoms with Crippen molar-refractivity contribution < 1.29 is 4.39 Å². The molecule has 0 amide bonds. The Morgan fingerprint density at radius 1 is 1.19 bits per heavy atom. The van der Waals surface area contributed by atoms with Gasteiger partial charge in [-0.3, -0.25) is 0 Å². The van der Waals surface area contributed by atoms with E-state index in [0.29, 0.717) is 11.8 Å². The number of hydrogen-bond acceptors (Lipinski definition) is 2. The molecule has 0 aromatic heterocycles. The van der Waals surface area contributed by atoms with E-state index in [4.69, 9.17) is 0 Å². The van der Waals surface area contributed by atoms with Gasteiger partial charge >= 0.3 is 0 Å². The molecule has 1 saturated heterocycles.